The molecule has 0 aliphatic carbocycles. The highest BCUT2D eigenvalue weighted by atomic mass is 16.6. The van der Waals surface area contributed by atoms with Gasteiger partial charge in [0.2, 0.25) is 0 Å². The van der Waals surface area contributed by atoms with E-state index in [0.717, 1.165) is 6.07 Å². The Morgan fingerprint density at radius 1 is 1.24 bits per heavy atom. The van der Waals surface area contributed by atoms with E-state index in [1.165, 1.54) is 31.5 Å². The van der Waals surface area contributed by atoms with E-state index in [-0.39, 0.29) is 35.8 Å². The number of nitrogens with zero attached hydrogens (tertiary/aromatic N) is 2. The highest BCUT2D eigenvalue weighted by Gasteiger charge is 2.19. The molecular formula is C16H16N4O5. The molecule has 25 heavy (non-hydrogen) atoms. The molecule has 0 aliphatic heterocycles. The predicted molar refractivity (Wildman–Crippen MR) is 89.5 cm³/mol. The van der Waals surface area contributed by atoms with Gasteiger partial charge in [-0.05, 0) is 18.2 Å². The summed E-state index contributed by atoms with van der Waals surface area (Å²) in [5, 5.41) is 16.1. The number of ether oxygens (including phenoxy) is 1. The summed E-state index contributed by atoms with van der Waals surface area (Å²) >= 11 is 0. The zero-order chi connectivity index (χ0) is 18.2. The standard InChI is InChI=1S/C16H16N4O5/c1-25-9-8-18-15(21)12-10-11(20(23)24)5-6-13(12)19-16(22)14-4-2-3-7-17-14/h2-7,10H,8-9H2,1H3,(H,18,21)(H,19,22). The Balaban J connectivity index is 2.28. The number of carbonyl (C=O) groups excluding carboxylic acids is 2. The SMILES string of the molecule is COCCNC(=O)c1cc([N+](=O)[O-])ccc1NC(=O)c1ccccn1. The molecular weight excluding hydrogens is 328 g/mol. The lowest BCUT2D eigenvalue weighted by Gasteiger charge is -2.11. The molecule has 130 valence electrons. The summed E-state index contributed by atoms with van der Waals surface area (Å²) < 4.78 is 4.84. The van der Waals surface area contributed by atoms with E-state index in [4.69, 9.17) is 4.74 Å². The van der Waals surface area contributed by atoms with Gasteiger partial charge in [0.05, 0.1) is 22.8 Å². The van der Waals surface area contributed by atoms with Crippen LogP contribution in [0.4, 0.5) is 11.4 Å². The maximum atomic E-state index is 12.3. The van der Waals surface area contributed by atoms with E-state index in [1.54, 1.807) is 12.1 Å². The molecule has 0 radical (unpaired) electrons. The molecule has 2 rings (SSSR count). The topological polar surface area (TPSA) is 123 Å². The van der Waals surface area contributed by atoms with Crippen LogP contribution in [0.15, 0.2) is 42.6 Å². The number of nitro groups is 1. The van der Waals surface area contributed by atoms with Gasteiger partial charge in [-0.25, -0.2) is 0 Å². The van der Waals surface area contributed by atoms with Crippen molar-refractivity contribution < 1.29 is 19.2 Å². The summed E-state index contributed by atoms with van der Waals surface area (Å²) in [7, 11) is 1.48. The van der Waals surface area contributed by atoms with Gasteiger partial charge in [-0.2, -0.15) is 0 Å². The second-order valence-corrected chi connectivity index (χ2v) is 4.90. The molecule has 0 aliphatic rings. The molecule has 9 nitrogen and oxygen atoms in total. The third kappa shape index (κ3) is 4.82. The van der Waals surface area contributed by atoms with Crippen LogP contribution in [-0.2, 0) is 4.74 Å². The molecule has 2 aromatic rings. The smallest absolute Gasteiger partial charge is 0.274 e. The quantitative estimate of drug-likeness (QED) is 0.447. The van der Waals surface area contributed by atoms with Crippen molar-refractivity contribution in [2.24, 2.45) is 0 Å². The number of aromatic nitrogens is 1. The fourth-order valence-electron chi connectivity index (χ4n) is 1.99. The predicted octanol–water partition coefficient (Wildman–Crippen LogP) is 1.62. The first-order valence-electron chi connectivity index (χ1n) is 7.31. The lowest BCUT2D eigenvalue weighted by atomic mass is 10.1. The summed E-state index contributed by atoms with van der Waals surface area (Å²) in [6, 6.07) is 8.45. The molecule has 1 aromatic carbocycles. The summed E-state index contributed by atoms with van der Waals surface area (Å²) in [5.74, 6) is -1.09. The first-order chi connectivity index (χ1) is 12.0. The fourth-order valence-corrected chi connectivity index (χ4v) is 1.99. The lowest BCUT2D eigenvalue weighted by molar-refractivity contribution is -0.384. The Morgan fingerprint density at radius 3 is 2.68 bits per heavy atom. The molecule has 9 heteroatoms. The number of pyridine rings is 1. The van der Waals surface area contributed by atoms with Gasteiger partial charge >= 0.3 is 0 Å². The molecule has 0 unspecified atom stereocenters. The number of hydrogen-bond donors (Lipinski definition) is 2. The van der Waals surface area contributed by atoms with E-state index in [9.17, 15) is 19.7 Å². The Kier molecular flexibility index (Phi) is 6.13. The number of anilines is 1. The van der Waals surface area contributed by atoms with Gasteiger partial charge in [0.25, 0.3) is 17.5 Å². The molecule has 2 amide bonds. The highest BCUT2D eigenvalue weighted by Crippen LogP contribution is 2.22. The molecule has 0 fully saturated rings. The largest absolute Gasteiger partial charge is 0.383 e. The van der Waals surface area contributed by atoms with E-state index in [0.29, 0.717) is 0 Å². The second kappa shape index (κ2) is 8.50. The number of hydrogen-bond acceptors (Lipinski definition) is 6. The lowest BCUT2D eigenvalue weighted by Crippen LogP contribution is -2.28. The Morgan fingerprint density at radius 2 is 2.04 bits per heavy atom. The van der Waals surface area contributed by atoms with E-state index in [2.05, 4.69) is 15.6 Å². The first-order valence-corrected chi connectivity index (χ1v) is 7.31. The van der Waals surface area contributed by atoms with Crippen LogP contribution in [0.3, 0.4) is 0 Å². The van der Waals surface area contributed by atoms with Gasteiger partial charge in [0.1, 0.15) is 5.69 Å². The van der Waals surface area contributed by atoms with Crippen LogP contribution in [0.1, 0.15) is 20.8 Å². The van der Waals surface area contributed by atoms with Crippen molar-refractivity contribution in [3.63, 3.8) is 0 Å². The van der Waals surface area contributed by atoms with Gasteiger partial charge < -0.3 is 15.4 Å². The molecule has 0 saturated carbocycles. The zero-order valence-corrected chi connectivity index (χ0v) is 13.4. The number of carbonyl (C=O) groups is 2. The van der Waals surface area contributed by atoms with Crippen molar-refractivity contribution >= 4 is 23.2 Å². The van der Waals surface area contributed by atoms with Crippen LogP contribution in [-0.4, -0.2) is 42.0 Å². The Hall–Kier alpha value is -3.33. The highest BCUT2D eigenvalue weighted by molar-refractivity contribution is 6.08. The molecule has 0 atom stereocenters. The average molecular weight is 344 g/mol. The first kappa shape index (κ1) is 18.0. The minimum Gasteiger partial charge on any atom is -0.383 e. The number of benzene rings is 1. The molecule has 0 spiro atoms. The van der Waals surface area contributed by atoms with Crippen LogP contribution in [0, 0.1) is 10.1 Å². The summed E-state index contributed by atoms with van der Waals surface area (Å²) in [6.07, 6.45) is 1.46. The van der Waals surface area contributed by atoms with Crippen molar-refractivity contribution in [1.82, 2.24) is 10.3 Å². The second-order valence-electron chi connectivity index (χ2n) is 4.90. The molecule has 0 bridgehead atoms. The van der Waals surface area contributed by atoms with Crippen LogP contribution < -0.4 is 10.6 Å². The normalized spacial score (nSPS) is 10.1. The van der Waals surface area contributed by atoms with Crippen molar-refractivity contribution in [3.8, 4) is 0 Å². The van der Waals surface area contributed by atoms with Crippen LogP contribution >= 0.6 is 0 Å². The maximum absolute atomic E-state index is 12.3. The number of nitrogens with one attached hydrogen (secondary N) is 2. The van der Waals surface area contributed by atoms with Gasteiger partial charge in [0.15, 0.2) is 0 Å². The Labute approximate surface area is 143 Å². The third-order valence-corrected chi connectivity index (χ3v) is 3.20. The van der Waals surface area contributed by atoms with Gasteiger partial charge in [-0.3, -0.25) is 24.7 Å². The number of nitro benzene ring substituents is 1. The van der Waals surface area contributed by atoms with Gasteiger partial charge in [-0.1, -0.05) is 6.07 Å². The van der Waals surface area contributed by atoms with Crippen LogP contribution in [0.25, 0.3) is 0 Å². The summed E-state index contributed by atoms with van der Waals surface area (Å²) in [4.78, 5) is 38.7. The third-order valence-electron chi connectivity index (χ3n) is 3.20. The monoisotopic (exact) mass is 344 g/mol. The van der Waals surface area contributed by atoms with Gasteiger partial charge in [0, 0.05) is 32.0 Å². The summed E-state index contributed by atoms with van der Waals surface area (Å²) in [5.41, 5.74) is 0.0325. The van der Waals surface area contributed by atoms with E-state index >= 15 is 0 Å². The van der Waals surface area contributed by atoms with Crippen molar-refractivity contribution in [3.05, 3.63) is 64.0 Å². The van der Waals surface area contributed by atoms with E-state index in [1.807, 2.05) is 0 Å². The van der Waals surface area contributed by atoms with E-state index < -0.39 is 16.7 Å². The van der Waals surface area contributed by atoms with Gasteiger partial charge in [-0.15, -0.1) is 0 Å². The maximum Gasteiger partial charge on any atom is 0.274 e. The number of amides is 2. The Bertz CT molecular complexity index is 779. The number of methoxy groups -OCH3 is 1. The fraction of sp³-hybridized carbons (Fsp3) is 0.188. The minimum atomic E-state index is -0.615. The molecule has 1 heterocycles. The molecule has 0 saturated heterocycles. The minimum absolute atomic E-state index is 0.0189. The van der Waals surface area contributed by atoms with Crippen LogP contribution in [0.5, 0.6) is 0 Å². The van der Waals surface area contributed by atoms with Crippen molar-refractivity contribution in [1.29, 1.82) is 0 Å². The average Bonchev–Trinajstić information content (AvgIpc) is 2.62. The van der Waals surface area contributed by atoms with Crippen molar-refractivity contribution in [2.45, 2.75) is 0 Å². The summed E-state index contributed by atoms with van der Waals surface area (Å²) in [6.45, 7) is 0.516. The van der Waals surface area contributed by atoms with Crippen LogP contribution in [0.2, 0.25) is 0 Å². The number of non-ortho nitro benzene ring substituents is 1. The van der Waals surface area contributed by atoms with Crippen molar-refractivity contribution in [2.75, 3.05) is 25.6 Å². The molecule has 1 aromatic heterocycles. The molecule has 2 N–H and O–H groups in total. The number of rotatable bonds is 7. The zero-order valence-electron chi connectivity index (χ0n) is 13.4.